The molecule has 0 saturated heterocycles. The monoisotopic (exact) mass is 342 g/mol. The minimum Gasteiger partial charge on any atom is -0.504 e. The molecular formula is C18H18N2O5. The number of hydrogen-bond donors (Lipinski definition) is 5. The Morgan fingerprint density at radius 3 is 2.56 bits per heavy atom. The van der Waals surface area contributed by atoms with E-state index in [0.29, 0.717) is 5.75 Å². The zero-order chi connectivity index (χ0) is 18.0. The number of aromatic amines is 1. The van der Waals surface area contributed by atoms with E-state index < -0.39 is 23.2 Å². The number of aromatic nitrogens is 1. The van der Waals surface area contributed by atoms with Crippen LogP contribution < -0.4 is 10.1 Å². The number of fused-ring (bicyclic) bond motifs is 1. The molecule has 5 N–H and O–H groups in total. The van der Waals surface area contributed by atoms with Gasteiger partial charge in [0.2, 0.25) is 0 Å². The van der Waals surface area contributed by atoms with Crippen molar-refractivity contribution in [2.45, 2.75) is 6.42 Å². The van der Waals surface area contributed by atoms with Crippen LogP contribution in [0.25, 0.3) is 10.9 Å². The number of rotatable bonds is 5. The third kappa shape index (κ3) is 3.36. The van der Waals surface area contributed by atoms with Crippen LogP contribution in [-0.2, 0) is 6.42 Å². The van der Waals surface area contributed by atoms with Crippen LogP contribution in [0.15, 0.2) is 36.5 Å². The van der Waals surface area contributed by atoms with Crippen LogP contribution in [0.5, 0.6) is 23.0 Å². The number of hydrogen-bond acceptors (Lipinski definition) is 6. The topological polar surface area (TPSA) is 115 Å². The van der Waals surface area contributed by atoms with Gasteiger partial charge in [-0.25, -0.2) is 4.79 Å². The molecular weight excluding hydrogens is 324 g/mol. The maximum Gasteiger partial charge on any atom is 0.343 e. The van der Waals surface area contributed by atoms with Crippen molar-refractivity contribution in [3.63, 3.8) is 0 Å². The molecule has 0 fully saturated rings. The van der Waals surface area contributed by atoms with Gasteiger partial charge in [0.1, 0.15) is 5.75 Å². The molecule has 7 heteroatoms. The van der Waals surface area contributed by atoms with Gasteiger partial charge in [0, 0.05) is 17.1 Å². The third-order valence-electron chi connectivity index (χ3n) is 3.90. The predicted octanol–water partition coefficient (Wildman–Crippen LogP) is 2.27. The first kappa shape index (κ1) is 16.7. The molecule has 1 heterocycles. The fraction of sp³-hybridized carbons (Fsp3) is 0.167. The number of ether oxygens (including phenoxy) is 1. The van der Waals surface area contributed by atoms with Crippen molar-refractivity contribution in [3.05, 3.63) is 47.7 Å². The summed E-state index contributed by atoms with van der Waals surface area (Å²) in [4.78, 5) is 15.4. The van der Waals surface area contributed by atoms with Gasteiger partial charge in [-0.2, -0.15) is 0 Å². The van der Waals surface area contributed by atoms with Crippen LogP contribution in [0.2, 0.25) is 0 Å². The Bertz CT molecular complexity index is 909. The Hall–Kier alpha value is -3.19. The summed E-state index contributed by atoms with van der Waals surface area (Å²) in [6, 6.07) is 7.29. The second-order valence-electron chi connectivity index (χ2n) is 5.63. The molecule has 0 bridgehead atoms. The number of carbonyl (C=O) groups excluding carboxylic acids is 1. The molecule has 0 spiro atoms. The minimum atomic E-state index is -0.753. The molecule has 0 amide bonds. The summed E-state index contributed by atoms with van der Waals surface area (Å²) in [5.41, 5.74) is 1.96. The van der Waals surface area contributed by atoms with Crippen molar-refractivity contribution in [1.29, 1.82) is 0 Å². The van der Waals surface area contributed by atoms with Gasteiger partial charge in [-0.15, -0.1) is 0 Å². The minimum absolute atomic E-state index is 0.0719. The maximum atomic E-state index is 12.2. The lowest BCUT2D eigenvalue weighted by Gasteiger charge is -2.07. The first-order chi connectivity index (χ1) is 12.0. The summed E-state index contributed by atoms with van der Waals surface area (Å²) in [5, 5.41) is 32.4. The standard InChI is InChI=1S/C18H18N2O5/c1-19-5-4-10-9-20-14-3-2-12(8-13(10)14)25-18(24)11-6-15(21)17(23)16(22)7-11/h2-3,6-9,19-23H,4-5H2,1H3. The zero-order valence-corrected chi connectivity index (χ0v) is 13.5. The number of H-pyrrole nitrogens is 1. The average Bonchev–Trinajstić information content (AvgIpc) is 2.99. The summed E-state index contributed by atoms with van der Waals surface area (Å²) in [5.74, 6) is -2.28. The van der Waals surface area contributed by atoms with Crippen LogP contribution in [0, 0.1) is 0 Å². The molecule has 1 aromatic heterocycles. The SMILES string of the molecule is CNCCc1c[nH]c2ccc(OC(=O)c3cc(O)c(O)c(O)c3)cc12. The lowest BCUT2D eigenvalue weighted by atomic mass is 10.1. The van der Waals surface area contributed by atoms with Gasteiger partial charge in [-0.05, 0) is 55.9 Å². The molecule has 0 aliphatic heterocycles. The van der Waals surface area contributed by atoms with Crippen molar-refractivity contribution in [2.75, 3.05) is 13.6 Å². The van der Waals surface area contributed by atoms with Crippen LogP contribution in [0.3, 0.4) is 0 Å². The van der Waals surface area contributed by atoms with Crippen LogP contribution in [0.1, 0.15) is 15.9 Å². The molecule has 3 rings (SSSR count). The molecule has 2 aromatic carbocycles. The van der Waals surface area contributed by atoms with Gasteiger partial charge in [0.15, 0.2) is 17.2 Å². The number of carbonyl (C=O) groups is 1. The maximum absolute atomic E-state index is 12.2. The van der Waals surface area contributed by atoms with E-state index in [1.54, 1.807) is 12.1 Å². The van der Waals surface area contributed by atoms with Crippen LogP contribution in [0.4, 0.5) is 0 Å². The van der Waals surface area contributed by atoms with Gasteiger partial charge in [0.25, 0.3) is 0 Å². The summed E-state index contributed by atoms with van der Waals surface area (Å²) in [6.07, 6.45) is 2.75. The van der Waals surface area contributed by atoms with Crippen molar-refractivity contribution < 1.29 is 24.9 Å². The number of phenols is 3. The normalized spacial score (nSPS) is 10.9. The summed E-state index contributed by atoms with van der Waals surface area (Å²) in [6.45, 7) is 0.822. The van der Waals surface area contributed by atoms with E-state index in [-0.39, 0.29) is 5.56 Å². The molecule has 3 aromatic rings. The molecule has 0 radical (unpaired) electrons. The number of likely N-dealkylation sites (N-methyl/N-ethyl adjacent to an activating group) is 1. The van der Waals surface area contributed by atoms with E-state index in [0.717, 1.165) is 41.6 Å². The van der Waals surface area contributed by atoms with Gasteiger partial charge >= 0.3 is 5.97 Å². The average molecular weight is 342 g/mol. The third-order valence-corrected chi connectivity index (χ3v) is 3.90. The number of nitrogens with one attached hydrogen (secondary N) is 2. The van der Waals surface area contributed by atoms with Gasteiger partial charge in [-0.1, -0.05) is 0 Å². The summed E-state index contributed by atoms with van der Waals surface area (Å²) < 4.78 is 5.31. The smallest absolute Gasteiger partial charge is 0.343 e. The van der Waals surface area contributed by atoms with Crippen LogP contribution >= 0.6 is 0 Å². The van der Waals surface area contributed by atoms with Crippen molar-refractivity contribution in [1.82, 2.24) is 10.3 Å². The number of aromatic hydroxyl groups is 3. The van der Waals surface area contributed by atoms with Crippen molar-refractivity contribution in [2.24, 2.45) is 0 Å². The van der Waals surface area contributed by atoms with E-state index in [1.165, 1.54) is 0 Å². The predicted molar refractivity (Wildman–Crippen MR) is 92.3 cm³/mol. The first-order valence-corrected chi connectivity index (χ1v) is 7.71. The first-order valence-electron chi connectivity index (χ1n) is 7.71. The highest BCUT2D eigenvalue weighted by Gasteiger charge is 2.16. The van der Waals surface area contributed by atoms with E-state index in [1.807, 2.05) is 19.3 Å². The molecule has 7 nitrogen and oxygen atoms in total. The molecule has 25 heavy (non-hydrogen) atoms. The number of benzene rings is 2. The van der Waals surface area contributed by atoms with Crippen LogP contribution in [-0.4, -0.2) is 39.9 Å². The highest BCUT2D eigenvalue weighted by molar-refractivity contribution is 5.93. The van der Waals surface area contributed by atoms with Crippen molar-refractivity contribution in [3.8, 4) is 23.0 Å². The number of phenolic OH excluding ortho intramolecular Hbond substituents is 3. The van der Waals surface area contributed by atoms with E-state index in [2.05, 4.69) is 10.3 Å². The van der Waals surface area contributed by atoms with E-state index in [9.17, 15) is 20.1 Å². The van der Waals surface area contributed by atoms with Gasteiger partial charge in [0.05, 0.1) is 5.56 Å². The second-order valence-corrected chi connectivity index (χ2v) is 5.63. The molecule has 0 aliphatic carbocycles. The molecule has 0 aliphatic rings. The highest BCUT2D eigenvalue weighted by atomic mass is 16.5. The second kappa shape index (κ2) is 6.74. The molecule has 130 valence electrons. The van der Waals surface area contributed by atoms with E-state index in [4.69, 9.17) is 4.74 Å². The van der Waals surface area contributed by atoms with E-state index >= 15 is 0 Å². The fourth-order valence-corrected chi connectivity index (χ4v) is 2.58. The van der Waals surface area contributed by atoms with Crippen molar-refractivity contribution >= 4 is 16.9 Å². The lowest BCUT2D eigenvalue weighted by molar-refractivity contribution is 0.0734. The quantitative estimate of drug-likeness (QED) is 0.276. The Morgan fingerprint density at radius 1 is 1.16 bits per heavy atom. The summed E-state index contributed by atoms with van der Waals surface area (Å²) >= 11 is 0. The Kier molecular flexibility index (Phi) is 4.49. The molecule has 0 saturated carbocycles. The Morgan fingerprint density at radius 2 is 1.88 bits per heavy atom. The zero-order valence-electron chi connectivity index (χ0n) is 13.5. The Balaban J connectivity index is 1.86. The van der Waals surface area contributed by atoms with Gasteiger partial charge in [-0.3, -0.25) is 0 Å². The molecule has 0 atom stereocenters. The Labute approximate surface area is 143 Å². The fourth-order valence-electron chi connectivity index (χ4n) is 2.58. The highest BCUT2D eigenvalue weighted by Crippen LogP contribution is 2.35. The molecule has 0 unspecified atom stereocenters. The largest absolute Gasteiger partial charge is 0.504 e. The summed E-state index contributed by atoms with van der Waals surface area (Å²) in [7, 11) is 1.88. The van der Waals surface area contributed by atoms with Gasteiger partial charge < -0.3 is 30.4 Å². The lowest BCUT2D eigenvalue weighted by Crippen LogP contribution is -2.10. The number of esters is 1.